The average Bonchev–Trinajstić information content (AvgIpc) is 3.25. The molecular formula is C16H20N6O. The Kier molecular flexibility index (Phi) is 3.59. The molecule has 1 aliphatic rings. The van der Waals surface area contributed by atoms with Crippen LogP contribution in [0, 0.1) is 0 Å². The minimum absolute atomic E-state index is 0.304. The van der Waals surface area contributed by atoms with Gasteiger partial charge in [-0.15, -0.1) is 5.10 Å². The number of aromatic nitrogens is 4. The number of rotatable bonds is 4. The topological polar surface area (TPSA) is 63.2 Å². The smallest absolute Gasteiger partial charge is 0.137 e. The summed E-state index contributed by atoms with van der Waals surface area (Å²) < 4.78 is 7.89. The van der Waals surface area contributed by atoms with Crippen molar-refractivity contribution in [1.82, 2.24) is 29.8 Å². The van der Waals surface area contributed by atoms with Crippen LogP contribution in [0.3, 0.4) is 0 Å². The Morgan fingerprint density at radius 2 is 2.22 bits per heavy atom. The fourth-order valence-corrected chi connectivity index (χ4v) is 3.38. The molecule has 4 rings (SSSR count). The molecule has 0 saturated carbocycles. The Morgan fingerprint density at radius 1 is 1.30 bits per heavy atom. The van der Waals surface area contributed by atoms with Gasteiger partial charge in [0.1, 0.15) is 11.3 Å². The zero-order valence-electron chi connectivity index (χ0n) is 13.3. The molecule has 1 fully saturated rings. The maximum atomic E-state index is 5.92. The molecule has 0 radical (unpaired) electrons. The monoisotopic (exact) mass is 312 g/mol. The zero-order valence-corrected chi connectivity index (χ0v) is 13.3. The van der Waals surface area contributed by atoms with E-state index in [2.05, 4.69) is 45.3 Å². The SMILES string of the molecule is CN(C)[C@@H]1CN(Cc2cc3cnccc3o2)C[C@@H]1n1ccnn1. The fourth-order valence-electron chi connectivity index (χ4n) is 3.38. The van der Waals surface area contributed by atoms with E-state index in [1.807, 2.05) is 23.1 Å². The van der Waals surface area contributed by atoms with Crippen molar-refractivity contribution >= 4 is 11.0 Å². The Balaban J connectivity index is 1.53. The summed E-state index contributed by atoms with van der Waals surface area (Å²) in [7, 11) is 4.23. The molecule has 23 heavy (non-hydrogen) atoms. The van der Waals surface area contributed by atoms with Gasteiger partial charge in [0.15, 0.2) is 0 Å². The van der Waals surface area contributed by atoms with Gasteiger partial charge in [0.25, 0.3) is 0 Å². The lowest BCUT2D eigenvalue weighted by atomic mass is 10.1. The minimum Gasteiger partial charge on any atom is -0.460 e. The molecule has 0 N–H and O–H groups in total. The number of hydrogen-bond acceptors (Lipinski definition) is 6. The second-order valence-corrected chi connectivity index (χ2v) is 6.30. The van der Waals surface area contributed by atoms with Crippen molar-refractivity contribution < 1.29 is 4.42 Å². The van der Waals surface area contributed by atoms with E-state index in [9.17, 15) is 0 Å². The van der Waals surface area contributed by atoms with Gasteiger partial charge in [0, 0.05) is 43.1 Å². The van der Waals surface area contributed by atoms with Gasteiger partial charge in [-0.2, -0.15) is 0 Å². The number of nitrogens with zero attached hydrogens (tertiary/aromatic N) is 6. The molecule has 120 valence electrons. The van der Waals surface area contributed by atoms with Crippen LogP contribution in [0.2, 0.25) is 0 Å². The molecule has 0 aromatic carbocycles. The Hall–Kier alpha value is -2.25. The molecule has 0 unspecified atom stereocenters. The summed E-state index contributed by atoms with van der Waals surface area (Å²) in [6.45, 7) is 2.71. The number of likely N-dealkylation sites (N-methyl/N-ethyl adjacent to an activating group) is 1. The maximum absolute atomic E-state index is 5.92. The van der Waals surface area contributed by atoms with Crippen molar-refractivity contribution in [3.8, 4) is 0 Å². The quantitative estimate of drug-likeness (QED) is 0.726. The van der Waals surface area contributed by atoms with Crippen molar-refractivity contribution in [3.63, 3.8) is 0 Å². The molecule has 3 aromatic rings. The van der Waals surface area contributed by atoms with Crippen molar-refractivity contribution in [2.45, 2.75) is 18.6 Å². The highest BCUT2D eigenvalue weighted by atomic mass is 16.3. The van der Waals surface area contributed by atoms with Gasteiger partial charge in [-0.05, 0) is 26.2 Å². The summed E-state index contributed by atoms with van der Waals surface area (Å²) in [4.78, 5) is 8.80. The van der Waals surface area contributed by atoms with Gasteiger partial charge in [-0.1, -0.05) is 5.21 Å². The van der Waals surface area contributed by atoms with E-state index in [1.165, 1.54) is 0 Å². The largest absolute Gasteiger partial charge is 0.460 e. The minimum atomic E-state index is 0.304. The van der Waals surface area contributed by atoms with Crippen LogP contribution >= 0.6 is 0 Å². The highest BCUT2D eigenvalue weighted by molar-refractivity contribution is 5.76. The molecule has 1 aliphatic heterocycles. The number of fused-ring (bicyclic) bond motifs is 1. The van der Waals surface area contributed by atoms with E-state index in [1.54, 1.807) is 12.4 Å². The van der Waals surface area contributed by atoms with Crippen molar-refractivity contribution in [2.75, 3.05) is 27.2 Å². The second kappa shape index (κ2) is 5.75. The van der Waals surface area contributed by atoms with Gasteiger partial charge in [0.05, 0.1) is 18.8 Å². The first kappa shape index (κ1) is 14.3. The van der Waals surface area contributed by atoms with E-state index >= 15 is 0 Å². The van der Waals surface area contributed by atoms with Crippen LogP contribution < -0.4 is 0 Å². The van der Waals surface area contributed by atoms with E-state index in [0.29, 0.717) is 12.1 Å². The van der Waals surface area contributed by atoms with Crippen LogP contribution in [0.4, 0.5) is 0 Å². The van der Waals surface area contributed by atoms with E-state index in [4.69, 9.17) is 4.42 Å². The van der Waals surface area contributed by atoms with Gasteiger partial charge >= 0.3 is 0 Å². The van der Waals surface area contributed by atoms with Gasteiger partial charge in [-0.25, -0.2) is 4.68 Å². The van der Waals surface area contributed by atoms with Crippen LogP contribution in [0.25, 0.3) is 11.0 Å². The van der Waals surface area contributed by atoms with Crippen LogP contribution in [0.5, 0.6) is 0 Å². The highest BCUT2D eigenvalue weighted by Gasteiger charge is 2.36. The summed E-state index contributed by atoms with van der Waals surface area (Å²) in [5.74, 6) is 0.977. The van der Waals surface area contributed by atoms with Gasteiger partial charge in [0.2, 0.25) is 0 Å². The first-order valence-electron chi connectivity index (χ1n) is 7.78. The van der Waals surface area contributed by atoms with Gasteiger partial charge < -0.3 is 9.32 Å². The number of likely N-dealkylation sites (tertiary alicyclic amines) is 1. The predicted molar refractivity (Wildman–Crippen MR) is 85.8 cm³/mol. The van der Waals surface area contributed by atoms with Crippen LogP contribution in [0.15, 0.2) is 41.3 Å². The standard InChI is InChI=1S/C16H20N6O/c1-20(2)14-10-21(11-15(14)22-6-5-18-19-22)9-13-7-12-8-17-4-3-16(12)23-13/h3-8,14-15H,9-11H2,1-2H3/t14-,15+/m1/s1. The molecule has 7 heteroatoms. The number of furan rings is 1. The Bertz CT molecular complexity index is 748. The molecule has 4 heterocycles. The van der Waals surface area contributed by atoms with Gasteiger partial charge in [-0.3, -0.25) is 9.88 Å². The van der Waals surface area contributed by atoms with E-state index in [-0.39, 0.29) is 0 Å². The normalized spacial score (nSPS) is 22.4. The van der Waals surface area contributed by atoms with Crippen molar-refractivity contribution in [3.05, 3.63) is 42.7 Å². The van der Waals surface area contributed by atoms with Crippen LogP contribution in [-0.2, 0) is 6.54 Å². The molecule has 0 bridgehead atoms. The summed E-state index contributed by atoms with van der Waals surface area (Å²) in [6.07, 6.45) is 7.28. The maximum Gasteiger partial charge on any atom is 0.137 e. The van der Waals surface area contributed by atoms with Crippen LogP contribution in [0.1, 0.15) is 11.8 Å². The van der Waals surface area contributed by atoms with E-state index < -0.39 is 0 Å². The molecule has 3 aromatic heterocycles. The molecular weight excluding hydrogens is 292 g/mol. The predicted octanol–water partition coefficient (Wildman–Crippen LogP) is 1.41. The summed E-state index contributed by atoms with van der Waals surface area (Å²) >= 11 is 0. The third-order valence-electron chi connectivity index (χ3n) is 4.53. The Labute approximate surface area is 134 Å². The molecule has 0 aliphatic carbocycles. The molecule has 7 nitrogen and oxygen atoms in total. The second-order valence-electron chi connectivity index (χ2n) is 6.30. The van der Waals surface area contributed by atoms with Crippen molar-refractivity contribution in [2.24, 2.45) is 0 Å². The lowest BCUT2D eigenvalue weighted by molar-refractivity contribution is 0.235. The molecule has 2 atom stereocenters. The lowest BCUT2D eigenvalue weighted by Gasteiger charge is -2.24. The number of hydrogen-bond donors (Lipinski definition) is 0. The highest BCUT2D eigenvalue weighted by Crippen LogP contribution is 2.27. The summed E-state index contributed by atoms with van der Waals surface area (Å²) in [5.41, 5.74) is 0.895. The molecule has 0 spiro atoms. The number of pyridine rings is 1. The Morgan fingerprint density at radius 3 is 2.96 bits per heavy atom. The van der Waals surface area contributed by atoms with Crippen LogP contribution in [-0.4, -0.2) is 63.0 Å². The molecule has 0 amide bonds. The summed E-state index contributed by atoms with van der Waals surface area (Å²) in [5, 5.41) is 9.19. The first-order valence-corrected chi connectivity index (χ1v) is 7.78. The third-order valence-corrected chi connectivity index (χ3v) is 4.53. The third kappa shape index (κ3) is 2.73. The van der Waals surface area contributed by atoms with Crippen molar-refractivity contribution in [1.29, 1.82) is 0 Å². The molecule has 1 saturated heterocycles. The lowest BCUT2D eigenvalue weighted by Crippen LogP contribution is -2.36. The average molecular weight is 312 g/mol. The zero-order chi connectivity index (χ0) is 15.8. The van der Waals surface area contributed by atoms with E-state index in [0.717, 1.165) is 36.4 Å². The summed E-state index contributed by atoms with van der Waals surface area (Å²) in [6, 6.07) is 4.70. The fraction of sp³-hybridized carbons (Fsp3) is 0.438. The first-order chi connectivity index (χ1) is 11.2.